The maximum atomic E-state index is 10.9. The van der Waals surface area contributed by atoms with Gasteiger partial charge in [0, 0.05) is 6.08 Å². The summed E-state index contributed by atoms with van der Waals surface area (Å²) >= 11 is 0. The molecule has 14 heavy (non-hydrogen) atoms. The molecule has 0 saturated heterocycles. The van der Waals surface area contributed by atoms with Crippen LogP contribution in [0.4, 0.5) is 0 Å². The molecule has 0 unspecified atom stereocenters. The van der Waals surface area contributed by atoms with E-state index in [0.717, 1.165) is 5.57 Å². The molecule has 0 spiro atoms. The van der Waals surface area contributed by atoms with Crippen molar-refractivity contribution in [2.24, 2.45) is 0 Å². The average Bonchev–Trinajstić information content (AvgIpc) is 2.42. The summed E-state index contributed by atoms with van der Waals surface area (Å²) in [6, 6.07) is 0. The van der Waals surface area contributed by atoms with E-state index in [1.165, 1.54) is 12.2 Å². The first-order valence-corrected chi connectivity index (χ1v) is 4.69. The molecule has 0 radical (unpaired) electrons. The molecule has 0 bridgehead atoms. The molecule has 0 fully saturated rings. The van der Waals surface area contributed by atoms with Crippen molar-refractivity contribution in [3.05, 3.63) is 24.3 Å². The predicted octanol–water partition coefficient (Wildman–Crippen LogP) is 1.58. The molecule has 1 aliphatic rings. The van der Waals surface area contributed by atoms with E-state index in [9.17, 15) is 9.90 Å². The van der Waals surface area contributed by atoms with Gasteiger partial charge >= 0.3 is 5.97 Å². The molecule has 0 aromatic carbocycles. The van der Waals surface area contributed by atoms with Crippen molar-refractivity contribution in [2.75, 3.05) is 0 Å². The van der Waals surface area contributed by atoms with E-state index < -0.39 is 5.60 Å². The van der Waals surface area contributed by atoms with Gasteiger partial charge in [-0.15, -0.1) is 6.58 Å². The molecule has 3 nitrogen and oxygen atoms in total. The Morgan fingerprint density at radius 3 is 2.86 bits per heavy atom. The Hall–Kier alpha value is -1.09. The lowest BCUT2D eigenvalue weighted by molar-refractivity contribution is -0.139. The van der Waals surface area contributed by atoms with E-state index in [1.54, 1.807) is 6.92 Å². The van der Waals surface area contributed by atoms with E-state index in [-0.39, 0.29) is 12.1 Å². The third-order valence-electron chi connectivity index (χ3n) is 2.46. The first-order chi connectivity index (χ1) is 6.44. The summed E-state index contributed by atoms with van der Waals surface area (Å²) in [5.74, 6) is -0.286. The summed E-state index contributed by atoms with van der Waals surface area (Å²) < 4.78 is 5.04. The molecular formula is C11H16O3. The lowest BCUT2D eigenvalue weighted by atomic mass is 9.96. The fourth-order valence-corrected chi connectivity index (χ4v) is 1.36. The van der Waals surface area contributed by atoms with Crippen LogP contribution in [0.5, 0.6) is 0 Å². The van der Waals surface area contributed by atoms with Crippen molar-refractivity contribution in [1.29, 1.82) is 0 Å². The van der Waals surface area contributed by atoms with Crippen LogP contribution in [-0.4, -0.2) is 22.8 Å². The third-order valence-corrected chi connectivity index (χ3v) is 2.46. The number of esters is 1. The zero-order chi connectivity index (χ0) is 10.8. The van der Waals surface area contributed by atoms with Crippen LogP contribution in [0.15, 0.2) is 24.3 Å². The second kappa shape index (κ2) is 3.96. The third kappa shape index (κ3) is 2.70. The Balaban J connectivity index is 2.44. The van der Waals surface area contributed by atoms with Crippen molar-refractivity contribution >= 4 is 5.97 Å². The fourth-order valence-electron chi connectivity index (χ4n) is 1.36. The van der Waals surface area contributed by atoms with Crippen LogP contribution >= 0.6 is 0 Å². The van der Waals surface area contributed by atoms with Crippen LogP contribution in [0.25, 0.3) is 0 Å². The number of ether oxygens (including phenoxy) is 1. The van der Waals surface area contributed by atoms with Gasteiger partial charge in [-0.05, 0) is 32.3 Å². The molecule has 78 valence electrons. The largest absolute Gasteiger partial charge is 0.455 e. The average molecular weight is 196 g/mol. The predicted molar refractivity (Wildman–Crippen MR) is 53.7 cm³/mol. The summed E-state index contributed by atoms with van der Waals surface area (Å²) in [6.07, 6.45) is 4.00. The molecule has 0 saturated carbocycles. The molecule has 1 rings (SSSR count). The molecule has 0 amide bonds. The normalized spacial score (nSPS) is 25.2. The van der Waals surface area contributed by atoms with Crippen molar-refractivity contribution in [2.45, 2.75) is 38.4 Å². The number of rotatable bonds is 4. The fraction of sp³-hybridized carbons (Fsp3) is 0.545. The zero-order valence-electron chi connectivity index (χ0n) is 8.62. The second-order valence-electron chi connectivity index (χ2n) is 3.91. The molecule has 0 aromatic rings. The number of hydrogen-bond acceptors (Lipinski definition) is 3. The highest BCUT2D eigenvalue weighted by Gasteiger charge is 2.25. The van der Waals surface area contributed by atoms with Crippen LogP contribution in [0.2, 0.25) is 0 Å². The standard InChI is InChI=1S/C11H16O3/c1-4-11(3,13)6-5-9-8(2)7-10(12)14-9/h4,7,9,13H,1,5-6H2,2-3H3/t9-,11+/m0/s1. The highest BCUT2D eigenvalue weighted by molar-refractivity contribution is 5.85. The van der Waals surface area contributed by atoms with Gasteiger partial charge in [0.15, 0.2) is 0 Å². The first kappa shape index (κ1) is 11.0. The maximum absolute atomic E-state index is 10.9. The number of carbonyl (C=O) groups excluding carboxylic acids is 1. The van der Waals surface area contributed by atoms with Crippen LogP contribution in [0, 0.1) is 0 Å². The van der Waals surface area contributed by atoms with Gasteiger partial charge in [0.05, 0.1) is 5.60 Å². The van der Waals surface area contributed by atoms with E-state index in [2.05, 4.69) is 6.58 Å². The quantitative estimate of drug-likeness (QED) is 0.548. The minimum atomic E-state index is -0.880. The van der Waals surface area contributed by atoms with E-state index in [1.807, 2.05) is 6.92 Å². The molecule has 1 heterocycles. The van der Waals surface area contributed by atoms with Crippen molar-refractivity contribution in [1.82, 2.24) is 0 Å². The first-order valence-electron chi connectivity index (χ1n) is 4.69. The Morgan fingerprint density at radius 2 is 2.43 bits per heavy atom. The number of aliphatic hydroxyl groups is 1. The topological polar surface area (TPSA) is 46.5 Å². The summed E-state index contributed by atoms with van der Waals surface area (Å²) in [7, 11) is 0. The van der Waals surface area contributed by atoms with Crippen LogP contribution < -0.4 is 0 Å². The number of cyclic esters (lactones) is 1. The van der Waals surface area contributed by atoms with Crippen molar-refractivity contribution < 1.29 is 14.6 Å². The SMILES string of the molecule is C=C[C@@](C)(O)CC[C@@H]1OC(=O)C=C1C. The van der Waals surface area contributed by atoms with Gasteiger partial charge in [0.25, 0.3) is 0 Å². The molecule has 0 aromatic heterocycles. The Bertz CT molecular complexity index is 276. The summed E-state index contributed by atoms with van der Waals surface area (Å²) in [5, 5.41) is 9.66. The Labute approximate surface area is 84.1 Å². The summed E-state index contributed by atoms with van der Waals surface area (Å²) in [6.45, 7) is 7.09. The molecule has 1 N–H and O–H groups in total. The van der Waals surface area contributed by atoms with Gasteiger partial charge < -0.3 is 9.84 Å². The van der Waals surface area contributed by atoms with Gasteiger partial charge in [0.1, 0.15) is 6.10 Å². The van der Waals surface area contributed by atoms with Gasteiger partial charge in [0.2, 0.25) is 0 Å². The van der Waals surface area contributed by atoms with Gasteiger partial charge in [-0.3, -0.25) is 0 Å². The summed E-state index contributed by atoms with van der Waals surface area (Å²) in [5.41, 5.74) is 0.0461. The highest BCUT2D eigenvalue weighted by Crippen LogP contribution is 2.23. The van der Waals surface area contributed by atoms with Crippen LogP contribution in [0.3, 0.4) is 0 Å². The number of carbonyl (C=O) groups is 1. The number of hydrogen-bond donors (Lipinski definition) is 1. The van der Waals surface area contributed by atoms with Crippen molar-refractivity contribution in [3.8, 4) is 0 Å². The highest BCUT2D eigenvalue weighted by atomic mass is 16.5. The lowest BCUT2D eigenvalue weighted by Gasteiger charge is -2.20. The molecule has 1 aliphatic heterocycles. The zero-order valence-corrected chi connectivity index (χ0v) is 8.62. The van der Waals surface area contributed by atoms with E-state index in [4.69, 9.17) is 4.74 Å². The lowest BCUT2D eigenvalue weighted by Crippen LogP contribution is -2.23. The molecular weight excluding hydrogens is 180 g/mol. The molecule has 0 aliphatic carbocycles. The van der Waals surface area contributed by atoms with E-state index in [0.29, 0.717) is 12.8 Å². The van der Waals surface area contributed by atoms with Gasteiger partial charge in [-0.25, -0.2) is 4.79 Å². The Kier molecular flexibility index (Phi) is 3.11. The van der Waals surface area contributed by atoms with Crippen LogP contribution in [0.1, 0.15) is 26.7 Å². The van der Waals surface area contributed by atoms with Gasteiger partial charge in [-0.2, -0.15) is 0 Å². The smallest absolute Gasteiger partial charge is 0.331 e. The Morgan fingerprint density at radius 1 is 1.79 bits per heavy atom. The minimum Gasteiger partial charge on any atom is -0.455 e. The van der Waals surface area contributed by atoms with E-state index >= 15 is 0 Å². The van der Waals surface area contributed by atoms with Crippen LogP contribution in [-0.2, 0) is 9.53 Å². The molecule has 2 atom stereocenters. The monoisotopic (exact) mass is 196 g/mol. The molecule has 3 heteroatoms. The van der Waals surface area contributed by atoms with Gasteiger partial charge in [-0.1, -0.05) is 6.08 Å². The minimum absolute atomic E-state index is 0.172. The maximum Gasteiger partial charge on any atom is 0.331 e. The van der Waals surface area contributed by atoms with Crippen molar-refractivity contribution in [3.63, 3.8) is 0 Å². The summed E-state index contributed by atoms with van der Waals surface area (Å²) in [4.78, 5) is 10.9. The second-order valence-corrected chi connectivity index (χ2v) is 3.91.